The molecular formula is C51H34BN3OS. The minimum atomic E-state index is 0.0983. The van der Waals surface area contributed by atoms with Gasteiger partial charge in [-0.25, -0.2) is 0 Å². The van der Waals surface area contributed by atoms with Gasteiger partial charge in [-0.1, -0.05) is 108 Å². The van der Waals surface area contributed by atoms with E-state index in [1.54, 1.807) is 0 Å². The van der Waals surface area contributed by atoms with Crippen molar-refractivity contribution in [3.63, 3.8) is 0 Å². The summed E-state index contributed by atoms with van der Waals surface area (Å²) in [6, 6.07) is 67.7. The summed E-state index contributed by atoms with van der Waals surface area (Å²) in [4.78, 5) is 7.25. The van der Waals surface area contributed by atoms with Crippen LogP contribution in [0.5, 0.6) is 0 Å². The Hall–Kier alpha value is -6.89. The van der Waals surface area contributed by atoms with Crippen molar-refractivity contribution in [2.45, 2.75) is 16.7 Å². The largest absolute Gasteiger partial charge is 0.454 e. The van der Waals surface area contributed by atoms with Crippen molar-refractivity contribution < 1.29 is 4.42 Å². The Kier molecular flexibility index (Phi) is 7.14. The number of aryl methyl sites for hydroxylation is 1. The zero-order valence-electron chi connectivity index (χ0n) is 31.1. The van der Waals surface area contributed by atoms with E-state index in [0.29, 0.717) is 0 Å². The lowest BCUT2D eigenvalue weighted by molar-refractivity contribution is 0.673. The molecule has 0 aliphatic carbocycles. The molecule has 0 saturated heterocycles. The van der Waals surface area contributed by atoms with Crippen molar-refractivity contribution in [3.8, 4) is 5.69 Å². The molecule has 0 atom stereocenters. The molecule has 0 saturated carbocycles. The Morgan fingerprint density at radius 1 is 0.474 bits per heavy atom. The monoisotopic (exact) mass is 747 g/mol. The second-order valence-corrected chi connectivity index (χ2v) is 16.1. The Morgan fingerprint density at radius 3 is 1.67 bits per heavy atom. The molecule has 0 bridgehead atoms. The predicted molar refractivity (Wildman–Crippen MR) is 240 cm³/mol. The molecule has 268 valence electrons. The molecule has 2 aliphatic heterocycles. The van der Waals surface area contributed by atoms with Gasteiger partial charge in [0.1, 0.15) is 11.1 Å². The predicted octanol–water partition coefficient (Wildman–Crippen LogP) is 12.1. The van der Waals surface area contributed by atoms with Gasteiger partial charge in [0.2, 0.25) is 6.71 Å². The summed E-state index contributed by atoms with van der Waals surface area (Å²) >= 11 is 1.90. The van der Waals surface area contributed by atoms with Gasteiger partial charge in [0, 0.05) is 66.4 Å². The Morgan fingerprint density at radius 2 is 1.05 bits per heavy atom. The lowest BCUT2D eigenvalue weighted by Crippen LogP contribution is -2.58. The molecule has 8 aromatic carbocycles. The maximum Gasteiger partial charge on any atom is 0.249 e. The number of nitrogens with zero attached hydrogens (tertiary/aromatic N) is 3. The summed E-state index contributed by atoms with van der Waals surface area (Å²) in [5.41, 5.74) is 17.4. The lowest BCUT2D eigenvalue weighted by atomic mass is 9.35. The van der Waals surface area contributed by atoms with Crippen molar-refractivity contribution in [3.05, 3.63) is 194 Å². The molecule has 0 radical (unpaired) electrons. The fourth-order valence-corrected chi connectivity index (χ4v) is 10.6. The van der Waals surface area contributed by atoms with E-state index in [1.807, 2.05) is 11.8 Å². The first-order chi connectivity index (χ1) is 28.2. The number of para-hydroxylation sites is 5. The zero-order valence-corrected chi connectivity index (χ0v) is 31.9. The molecule has 0 N–H and O–H groups in total. The van der Waals surface area contributed by atoms with Gasteiger partial charge in [-0.2, -0.15) is 0 Å². The second kappa shape index (κ2) is 12.6. The molecule has 57 heavy (non-hydrogen) atoms. The minimum absolute atomic E-state index is 0.0983. The maximum absolute atomic E-state index is 6.99. The number of rotatable bonds is 6. The van der Waals surface area contributed by atoms with Gasteiger partial charge in [-0.3, -0.25) is 0 Å². The highest BCUT2D eigenvalue weighted by Crippen LogP contribution is 2.45. The van der Waals surface area contributed by atoms with Gasteiger partial charge in [0.25, 0.3) is 0 Å². The zero-order chi connectivity index (χ0) is 37.6. The molecule has 4 nitrogen and oxygen atoms in total. The van der Waals surface area contributed by atoms with Gasteiger partial charge in [-0.05, 0) is 114 Å². The topological polar surface area (TPSA) is 24.6 Å². The van der Waals surface area contributed by atoms with E-state index in [2.05, 4.69) is 209 Å². The van der Waals surface area contributed by atoms with Crippen LogP contribution < -0.4 is 26.2 Å². The van der Waals surface area contributed by atoms with E-state index in [-0.39, 0.29) is 6.71 Å². The number of hydrogen-bond donors (Lipinski definition) is 0. The molecule has 4 heterocycles. The van der Waals surface area contributed by atoms with Crippen LogP contribution in [0.2, 0.25) is 0 Å². The summed E-state index contributed by atoms with van der Waals surface area (Å²) in [5, 5.41) is 2.26. The third-order valence-corrected chi connectivity index (χ3v) is 12.7. The van der Waals surface area contributed by atoms with Crippen LogP contribution in [0.25, 0.3) is 38.7 Å². The van der Waals surface area contributed by atoms with Crippen LogP contribution in [0.1, 0.15) is 5.56 Å². The first-order valence-electron chi connectivity index (χ1n) is 19.5. The van der Waals surface area contributed by atoms with Crippen molar-refractivity contribution in [2.75, 3.05) is 9.80 Å². The first kappa shape index (κ1) is 32.4. The van der Waals surface area contributed by atoms with Crippen LogP contribution in [0.4, 0.5) is 34.1 Å². The molecule has 0 amide bonds. The Bertz CT molecular complexity index is 3100. The Labute approximate surface area is 335 Å². The van der Waals surface area contributed by atoms with Gasteiger partial charge >= 0.3 is 0 Å². The van der Waals surface area contributed by atoms with Crippen LogP contribution in [0.3, 0.4) is 0 Å². The highest BCUT2D eigenvalue weighted by Gasteiger charge is 2.40. The van der Waals surface area contributed by atoms with Gasteiger partial charge in [0.05, 0.1) is 5.52 Å². The molecule has 2 aromatic heterocycles. The number of hydrogen-bond acceptors (Lipinski definition) is 4. The van der Waals surface area contributed by atoms with Crippen LogP contribution in [0, 0.1) is 6.92 Å². The summed E-state index contributed by atoms with van der Waals surface area (Å²) in [7, 11) is 0. The average Bonchev–Trinajstić information content (AvgIpc) is 3.79. The number of anilines is 6. The minimum Gasteiger partial charge on any atom is -0.454 e. The molecule has 2 aliphatic rings. The molecule has 0 fully saturated rings. The third kappa shape index (κ3) is 4.90. The van der Waals surface area contributed by atoms with Crippen LogP contribution in [0.15, 0.2) is 202 Å². The molecule has 10 aromatic rings. The number of furan rings is 1. The quantitative estimate of drug-likeness (QED) is 0.158. The highest BCUT2D eigenvalue weighted by molar-refractivity contribution is 8.00. The normalized spacial score (nSPS) is 12.5. The number of fused-ring (bicyclic) bond motifs is 9. The molecule has 6 heteroatoms. The van der Waals surface area contributed by atoms with Gasteiger partial charge < -0.3 is 18.8 Å². The average molecular weight is 748 g/mol. The SMILES string of the molecule is Cc1cc2c3c(c1)-n1c4c(cccc4c4oc5cc(N(c6ccccc6)c6ccccc6)ccc5c41)B3c1ccc(N(c3ccccc3)c3ccccc3)cc1S2. The smallest absolute Gasteiger partial charge is 0.249 e. The van der Waals surface area contributed by atoms with Crippen LogP contribution in [-0.2, 0) is 0 Å². The van der Waals surface area contributed by atoms with Crippen molar-refractivity contribution in [2.24, 2.45) is 0 Å². The first-order valence-corrected chi connectivity index (χ1v) is 20.3. The van der Waals surface area contributed by atoms with Crippen molar-refractivity contribution >= 4 is 102 Å². The number of aromatic nitrogens is 1. The second-order valence-electron chi connectivity index (χ2n) is 15.0. The summed E-state index contributed by atoms with van der Waals surface area (Å²) in [6.45, 7) is 2.33. The molecule has 12 rings (SSSR count). The summed E-state index contributed by atoms with van der Waals surface area (Å²) in [6.07, 6.45) is 0. The molecule has 0 unspecified atom stereocenters. The summed E-state index contributed by atoms with van der Waals surface area (Å²) < 4.78 is 9.50. The lowest BCUT2D eigenvalue weighted by Gasteiger charge is -2.34. The fraction of sp³-hybridized carbons (Fsp3) is 0.0196. The third-order valence-electron chi connectivity index (χ3n) is 11.6. The number of benzene rings is 8. The van der Waals surface area contributed by atoms with Crippen molar-refractivity contribution in [1.29, 1.82) is 0 Å². The van der Waals surface area contributed by atoms with Gasteiger partial charge in [-0.15, -0.1) is 0 Å². The Balaban J connectivity index is 1.05. The van der Waals surface area contributed by atoms with E-state index in [0.717, 1.165) is 61.6 Å². The van der Waals surface area contributed by atoms with E-state index in [4.69, 9.17) is 4.42 Å². The van der Waals surface area contributed by atoms with Crippen molar-refractivity contribution in [1.82, 2.24) is 4.57 Å². The fourth-order valence-electron chi connectivity index (χ4n) is 9.29. The van der Waals surface area contributed by atoms with Crippen LogP contribution >= 0.6 is 11.8 Å². The van der Waals surface area contributed by atoms with E-state index in [9.17, 15) is 0 Å². The highest BCUT2D eigenvalue weighted by atomic mass is 32.2. The van der Waals surface area contributed by atoms with E-state index in [1.165, 1.54) is 42.9 Å². The molecule has 0 spiro atoms. The molecular weight excluding hydrogens is 713 g/mol. The van der Waals surface area contributed by atoms with E-state index >= 15 is 0 Å². The maximum atomic E-state index is 6.99. The van der Waals surface area contributed by atoms with Crippen LogP contribution in [-0.4, -0.2) is 11.3 Å². The summed E-state index contributed by atoms with van der Waals surface area (Å²) in [5.74, 6) is 0. The van der Waals surface area contributed by atoms with Gasteiger partial charge in [0.15, 0.2) is 5.58 Å². The van der Waals surface area contributed by atoms with E-state index < -0.39 is 0 Å². The standard InChI is InChI=1S/C51H34BN3OS/c1-33-29-44-48-47(30-33)57-46-32-39(54(36-19-10-4-11-20-36)37-21-12-5-13-22-37)26-28-42(46)52(48)43-24-14-23-41-49(43)55(44)50-40-27-25-38(31-45(40)56-51(41)50)53(34-15-6-2-7-16-34)35-17-8-3-9-18-35/h2-32H,1H3.